The third-order valence-electron chi connectivity index (χ3n) is 8.19. The number of hydrogen-bond acceptors (Lipinski definition) is 5. The molecule has 2 aliphatic rings. The number of aliphatic imine (C=N–C) groups is 1. The number of piperidine rings is 1. The number of carboxylic acid groups (broad SMARTS) is 1. The average Bonchev–Trinajstić information content (AvgIpc) is 2.92. The van der Waals surface area contributed by atoms with Crippen LogP contribution in [0.1, 0.15) is 97.3 Å². The zero-order valence-corrected chi connectivity index (χ0v) is 22.0. The molecule has 1 saturated heterocycles. The molecule has 35 heavy (non-hydrogen) atoms. The van der Waals surface area contributed by atoms with E-state index in [1.54, 1.807) is 6.07 Å². The fourth-order valence-corrected chi connectivity index (χ4v) is 6.33. The molecule has 2 fully saturated rings. The lowest BCUT2D eigenvalue weighted by Gasteiger charge is -2.50. The first-order valence-electron chi connectivity index (χ1n) is 13.8. The van der Waals surface area contributed by atoms with Crippen molar-refractivity contribution in [1.82, 2.24) is 4.90 Å². The van der Waals surface area contributed by atoms with E-state index in [0.29, 0.717) is 36.1 Å². The van der Waals surface area contributed by atoms with Gasteiger partial charge in [-0.15, -0.1) is 0 Å². The number of aldehydes is 1. The lowest BCUT2D eigenvalue weighted by molar-refractivity contribution is -0.129. The van der Waals surface area contributed by atoms with Crippen LogP contribution in [0.5, 0.6) is 0 Å². The van der Waals surface area contributed by atoms with E-state index in [9.17, 15) is 14.7 Å². The Morgan fingerprint density at radius 3 is 2.23 bits per heavy atom. The van der Waals surface area contributed by atoms with Gasteiger partial charge in [-0.2, -0.15) is 0 Å². The summed E-state index contributed by atoms with van der Waals surface area (Å²) >= 11 is 0. The van der Waals surface area contributed by atoms with E-state index in [-0.39, 0.29) is 0 Å². The number of hydrogen-bond donors (Lipinski definition) is 1. The molecule has 0 bridgehead atoms. The van der Waals surface area contributed by atoms with Gasteiger partial charge in [-0.1, -0.05) is 70.4 Å². The third kappa shape index (κ3) is 7.39. The van der Waals surface area contributed by atoms with Gasteiger partial charge in [-0.05, 0) is 51.2 Å². The Labute approximate surface area is 211 Å². The fourth-order valence-electron chi connectivity index (χ4n) is 6.33. The molecular weight excluding hydrogens is 438 g/mol. The van der Waals surface area contributed by atoms with Gasteiger partial charge in [0.1, 0.15) is 0 Å². The number of anilines is 1. The molecule has 1 aliphatic carbocycles. The maximum Gasteiger partial charge on any atom is 0.357 e. The summed E-state index contributed by atoms with van der Waals surface area (Å²) in [7, 11) is 2.09. The summed E-state index contributed by atoms with van der Waals surface area (Å²) in [4.78, 5) is 31.9. The predicted molar refractivity (Wildman–Crippen MR) is 144 cm³/mol. The lowest BCUT2D eigenvalue weighted by Crippen LogP contribution is -2.56. The average molecular weight is 484 g/mol. The van der Waals surface area contributed by atoms with E-state index in [4.69, 9.17) is 0 Å². The van der Waals surface area contributed by atoms with Gasteiger partial charge in [0, 0.05) is 31.2 Å². The van der Waals surface area contributed by atoms with Crippen LogP contribution in [0.4, 0.5) is 11.4 Å². The second kappa shape index (κ2) is 13.8. The van der Waals surface area contributed by atoms with Crippen molar-refractivity contribution in [3.63, 3.8) is 0 Å². The number of aliphatic carboxylic acids is 1. The van der Waals surface area contributed by atoms with E-state index >= 15 is 0 Å². The molecule has 194 valence electrons. The summed E-state index contributed by atoms with van der Waals surface area (Å²) in [6.07, 6.45) is 17.3. The summed E-state index contributed by atoms with van der Waals surface area (Å²) in [5.41, 5.74) is 0.946. The van der Waals surface area contributed by atoms with Crippen molar-refractivity contribution < 1.29 is 14.7 Å². The maximum atomic E-state index is 11.4. The zero-order chi connectivity index (χ0) is 25.2. The molecule has 6 nitrogen and oxygen atoms in total. The molecule has 6 heteroatoms. The van der Waals surface area contributed by atoms with Crippen molar-refractivity contribution in [3.8, 4) is 0 Å². The zero-order valence-electron chi connectivity index (χ0n) is 22.0. The Morgan fingerprint density at radius 1 is 1.06 bits per heavy atom. The molecule has 1 aromatic rings. The molecular formula is C29H45N3O3. The van der Waals surface area contributed by atoms with Crippen LogP contribution in [0.15, 0.2) is 29.3 Å². The highest BCUT2D eigenvalue weighted by Crippen LogP contribution is 2.37. The van der Waals surface area contributed by atoms with Crippen LogP contribution >= 0.6 is 0 Å². The Morgan fingerprint density at radius 2 is 1.66 bits per heavy atom. The highest BCUT2D eigenvalue weighted by atomic mass is 16.4. The van der Waals surface area contributed by atoms with Crippen LogP contribution in [0.3, 0.4) is 0 Å². The minimum atomic E-state index is -1.30. The van der Waals surface area contributed by atoms with E-state index in [2.05, 4.69) is 35.7 Å². The fraction of sp³-hybridized carbons (Fsp3) is 0.690. The highest BCUT2D eigenvalue weighted by molar-refractivity contribution is 6.58. The number of benzene rings is 1. The largest absolute Gasteiger partial charge is 0.476 e. The van der Waals surface area contributed by atoms with E-state index in [0.717, 1.165) is 24.9 Å². The molecule has 1 saturated carbocycles. The minimum Gasteiger partial charge on any atom is -0.476 e. The van der Waals surface area contributed by atoms with Gasteiger partial charge in [-0.25, -0.2) is 9.79 Å². The Bertz CT molecular complexity index is 843. The first-order valence-corrected chi connectivity index (χ1v) is 13.8. The molecule has 0 aromatic heterocycles. The topological polar surface area (TPSA) is 73.2 Å². The second-order valence-electron chi connectivity index (χ2n) is 10.6. The van der Waals surface area contributed by atoms with Crippen molar-refractivity contribution in [2.45, 2.75) is 121 Å². The van der Waals surface area contributed by atoms with Gasteiger partial charge >= 0.3 is 5.97 Å². The molecule has 1 heterocycles. The molecule has 0 amide bonds. The van der Waals surface area contributed by atoms with Crippen LogP contribution in [-0.4, -0.2) is 59.2 Å². The summed E-state index contributed by atoms with van der Waals surface area (Å²) < 4.78 is 0. The van der Waals surface area contributed by atoms with Crippen LogP contribution in [0, 0.1) is 0 Å². The quantitative estimate of drug-likeness (QED) is 0.276. The minimum absolute atomic E-state index is 0.313. The van der Waals surface area contributed by atoms with Crippen molar-refractivity contribution >= 4 is 29.3 Å². The molecule has 0 radical (unpaired) electrons. The smallest absolute Gasteiger partial charge is 0.357 e. The standard InChI is InChI=1S/C29H45N3O3/c1-4-23-20-25(31(3)28-18-14-13-17-26(28)30-27(21-33)29(34)35)19-22(2)32(23)24-15-11-9-7-5-6-8-10-12-16-24/h13-14,17-18,21-25H,4-12,15-16,19-20H2,1-3H3,(H,34,35)/b30-27+/t22-,23+,25+/m0/s1. The molecule has 0 spiro atoms. The summed E-state index contributed by atoms with van der Waals surface area (Å²) in [5, 5.41) is 9.27. The van der Waals surface area contributed by atoms with Crippen LogP contribution in [0.25, 0.3) is 0 Å². The number of carboxylic acids is 1. The van der Waals surface area contributed by atoms with Gasteiger partial charge in [0.2, 0.25) is 0 Å². The Hall–Kier alpha value is -2.21. The monoisotopic (exact) mass is 483 g/mol. The number of carbonyl (C=O) groups is 2. The number of likely N-dealkylation sites (tertiary alicyclic amines) is 1. The molecule has 1 aliphatic heterocycles. The van der Waals surface area contributed by atoms with Gasteiger partial charge in [0.25, 0.3) is 0 Å². The number of rotatable bonds is 7. The molecule has 3 rings (SSSR count). The summed E-state index contributed by atoms with van der Waals surface area (Å²) in [6.45, 7) is 4.71. The van der Waals surface area contributed by atoms with E-state index < -0.39 is 11.7 Å². The third-order valence-corrected chi connectivity index (χ3v) is 8.19. The number of para-hydroxylation sites is 2. The first-order chi connectivity index (χ1) is 17.0. The lowest BCUT2D eigenvalue weighted by atomic mass is 9.86. The van der Waals surface area contributed by atoms with Crippen molar-refractivity contribution in [2.24, 2.45) is 4.99 Å². The van der Waals surface area contributed by atoms with Crippen LogP contribution in [-0.2, 0) is 9.59 Å². The summed E-state index contributed by atoms with van der Waals surface area (Å²) in [5.74, 6) is -1.30. The van der Waals surface area contributed by atoms with E-state index in [1.165, 1.54) is 64.2 Å². The Kier molecular flexibility index (Phi) is 10.8. The normalized spacial score (nSPS) is 26.0. The van der Waals surface area contributed by atoms with Crippen molar-refractivity contribution in [3.05, 3.63) is 24.3 Å². The molecule has 0 unspecified atom stereocenters. The van der Waals surface area contributed by atoms with Crippen LogP contribution < -0.4 is 4.90 Å². The molecule has 3 atom stereocenters. The SMILES string of the molecule is CC[C@@H]1C[C@H](N(C)c2ccccc2/N=C(\C=O)C(=O)O)C[C@H](C)N1C1CCCCCCCCCC1. The molecule has 1 aromatic carbocycles. The first kappa shape index (κ1) is 27.4. The van der Waals surface area contributed by atoms with Gasteiger partial charge < -0.3 is 10.0 Å². The number of nitrogens with zero attached hydrogens (tertiary/aromatic N) is 3. The molecule has 1 N–H and O–H groups in total. The number of carbonyl (C=O) groups excluding carboxylic acids is 1. The highest BCUT2D eigenvalue weighted by Gasteiger charge is 2.38. The Balaban J connectivity index is 1.78. The van der Waals surface area contributed by atoms with Crippen molar-refractivity contribution in [2.75, 3.05) is 11.9 Å². The summed E-state index contributed by atoms with van der Waals surface area (Å²) in [6, 6.07) is 9.62. The van der Waals surface area contributed by atoms with Crippen molar-refractivity contribution in [1.29, 1.82) is 0 Å². The van der Waals surface area contributed by atoms with Crippen LogP contribution in [0.2, 0.25) is 0 Å². The second-order valence-corrected chi connectivity index (χ2v) is 10.6. The van der Waals surface area contributed by atoms with Gasteiger partial charge in [-0.3, -0.25) is 9.69 Å². The maximum absolute atomic E-state index is 11.4. The predicted octanol–water partition coefficient (Wildman–Crippen LogP) is 6.39. The van der Waals surface area contributed by atoms with E-state index in [1.807, 2.05) is 18.2 Å². The van der Waals surface area contributed by atoms with Gasteiger partial charge in [0.15, 0.2) is 12.0 Å². The van der Waals surface area contributed by atoms with Gasteiger partial charge in [0.05, 0.1) is 11.4 Å².